The molecule has 1 atom stereocenters. The van der Waals surface area contributed by atoms with Crippen LogP contribution in [-0.2, 0) is 6.18 Å². The molecule has 6 nitrogen and oxygen atoms in total. The van der Waals surface area contributed by atoms with Crippen LogP contribution in [0.5, 0.6) is 0 Å². The van der Waals surface area contributed by atoms with E-state index in [0.717, 1.165) is 17.5 Å². The molecule has 0 saturated carbocycles. The van der Waals surface area contributed by atoms with E-state index in [-0.39, 0.29) is 12.1 Å². The molecule has 0 bridgehead atoms. The molecule has 2 aromatic rings. The lowest BCUT2D eigenvalue weighted by Gasteiger charge is -2.36. The quantitative estimate of drug-likeness (QED) is 0.777. The van der Waals surface area contributed by atoms with E-state index in [1.54, 1.807) is 13.1 Å². The zero-order chi connectivity index (χ0) is 21.3. The first-order chi connectivity index (χ1) is 13.6. The first-order valence-corrected chi connectivity index (χ1v) is 9.18. The van der Waals surface area contributed by atoms with Crippen LogP contribution in [0.25, 0.3) is 0 Å². The minimum atomic E-state index is -4.75. The van der Waals surface area contributed by atoms with Gasteiger partial charge in [-0.05, 0) is 37.6 Å². The van der Waals surface area contributed by atoms with Gasteiger partial charge in [-0.1, -0.05) is 11.6 Å². The van der Waals surface area contributed by atoms with E-state index >= 15 is 0 Å². The molecule has 3 N–H and O–H groups in total. The number of nitrogens with one attached hydrogen (secondary N) is 1. The number of anilines is 1. The van der Waals surface area contributed by atoms with Crippen LogP contribution in [0.1, 0.15) is 35.0 Å². The van der Waals surface area contributed by atoms with Gasteiger partial charge >= 0.3 is 6.18 Å². The summed E-state index contributed by atoms with van der Waals surface area (Å²) in [6.07, 6.45) is -1.77. The van der Waals surface area contributed by atoms with Gasteiger partial charge in [0.2, 0.25) is 0 Å². The highest BCUT2D eigenvalue weighted by molar-refractivity contribution is 6.34. The maximum absolute atomic E-state index is 13.0. The first kappa shape index (κ1) is 20.9. The van der Waals surface area contributed by atoms with E-state index in [0.29, 0.717) is 17.9 Å². The van der Waals surface area contributed by atoms with Crippen LogP contribution in [0.15, 0.2) is 42.0 Å². The second-order valence-electron chi connectivity index (χ2n) is 6.72. The summed E-state index contributed by atoms with van der Waals surface area (Å²) in [6.45, 7) is 3.90. The molecule has 1 amide bonds. The van der Waals surface area contributed by atoms with Crippen LogP contribution in [0, 0.1) is 6.92 Å². The van der Waals surface area contributed by atoms with Gasteiger partial charge in [0, 0.05) is 31.1 Å². The van der Waals surface area contributed by atoms with Crippen molar-refractivity contribution in [3.8, 4) is 0 Å². The average molecular weight is 426 g/mol. The van der Waals surface area contributed by atoms with Gasteiger partial charge in [0.05, 0.1) is 22.3 Å². The summed E-state index contributed by atoms with van der Waals surface area (Å²) >= 11 is 5.85. The minimum Gasteiger partial charge on any atom is -0.399 e. The number of pyridine rings is 2. The molecule has 1 unspecified atom stereocenters. The number of carbonyl (C=O) groups is 1. The normalized spacial score (nSPS) is 17.4. The standard InChI is InChI=1S/C19H19ClF3N5O/c1-10-3-6-25-14(9-10)27-13-5-8-28(11(2)16(13)24)18(29)12-4-7-26-17(15(12)20)19(21,22)23/h3-4,6-7,9,11H,5,8,24H2,1-2H3,(H,25,27). The molecule has 3 heterocycles. The Kier molecular flexibility index (Phi) is 5.70. The zero-order valence-electron chi connectivity index (χ0n) is 15.7. The Morgan fingerprint density at radius 1 is 1.31 bits per heavy atom. The topological polar surface area (TPSA) is 84.1 Å². The Bertz CT molecular complexity index is 977. The van der Waals surface area contributed by atoms with Gasteiger partial charge in [0.25, 0.3) is 5.91 Å². The van der Waals surface area contributed by atoms with Crippen LogP contribution in [-0.4, -0.2) is 33.4 Å². The number of hydrogen-bond donors (Lipinski definition) is 2. The van der Waals surface area contributed by atoms with Crippen LogP contribution in [0.4, 0.5) is 19.0 Å². The van der Waals surface area contributed by atoms with Gasteiger partial charge in [-0.25, -0.2) is 4.98 Å². The molecule has 29 heavy (non-hydrogen) atoms. The number of amides is 1. The molecule has 1 aliphatic rings. The summed E-state index contributed by atoms with van der Waals surface area (Å²) < 4.78 is 39.1. The van der Waals surface area contributed by atoms with E-state index in [1.165, 1.54) is 11.0 Å². The third-order valence-electron chi connectivity index (χ3n) is 4.71. The van der Waals surface area contributed by atoms with Gasteiger partial charge < -0.3 is 16.0 Å². The fourth-order valence-electron chi connectivity index (χ4n) is 3.12. The maximum atomic E-state index is 13.0. The largest absolute Gasteiger partial charge is 0.434 e. The van der Waals surface area contributed by atoms with Crippen molar-refractivity contribution >= 4 is 23.3 Å². The SMILES string of the molecule is Cc1ccnc(NC2=C(N)C(C)N(C(=O)c3ccnc(C(F)(F)F)c3Cl)CC2)c1. The number of aromatic nitrogens is 2. The van der Waals surface area contributed by atoms with Crippen LogP contribution < -0.4 is 11.1 Å². The van der Waals surface area contributed by atoms with Crippen molar-refractivity contribution in [2.75, 3.05) is 11.9 Å². The molecular weight excluding hydrogens is 407 g/mol. The molecule has 0 fully saturated rings. The number of aryl methyl sites for hydroxylation is 1. The first-order valence-electron chi connectivity index (χ1n) is 8.80. The highest BCUT2D eigenvalue weighted by Gasteiger charge is 2.38. The second-order valence-corrected chi connectivity index (χ2v) is 7.10. The van der Waals surface area contributed by atoms with Gasteiger partial charge in [0.1, 0.15) is 5.82 Å². The number of nitrogens with two attached hydrogens (primary N) is 1. The predicted molar refractivity (Wildman–Crippen MR) is 103 cm³/mol. The zero-order valence-corrected chi connectivity index (χ0v) is 16.5. The molecule has 1 aliphatic heterocycles. The summed E-state index contributed by atoms with van der Waals surface area (Å²) in [5.41, 5.74) is 6.83. The summed E-state index contributed by atoms with van der Waals surface area (Å²) in [5.74, 6) is -0.00648. The lowest BCUT2D eigenvalue weighted by molar-refractivity contribution is -0.141. The Morgan fingerprint density at radius 3 is 2.66 bits per heavy atom. The second kappa shape index (κ2) is 7.90. The number of nitrogens with zero attached hydrogens (tertiary/aromatic N) is 3. The molecule has 154 valence electrons. The molecule has 0 spiro atoms. The summed E-state index contributed by atoms with van der Waals surface area (Å²) in [5, 5.41) is 2.45. The molecule has 0 radical (unpaired) electrons. The van der Waals surface area contributed by atoms with Crippen molar-refractivity contribution in [3.05, 3.63) is 63.8 Å². The molecule has 0 aliphatic carbocycles. The van der Waals surface area contributed by atoms with E-state index in [4.69, 9.17) is 17.3 Å². The monoisotopic (exact) mass is 425 g/mol. The molecule has 2 aromatic heterocycles. The van der Waals surface area contributed by atoms with Crippen LogP contribution >= 0.6 is 11.6 Å². The molecule has 10 heteroatoms. The van der Waals surface area contributed by atoms with Gasteiger partial charge in [-0.2, -0.15) is 13.2 Å². The lowest BCUT2D eigenvalue weighted by atomic mass is 10.0. The third-order valence-corrected chi connectivity index (χ3v) is 5.09. The number of alkyl halides is 3. The fourth-order valence-corrected chi connectivity index (χ4v) is 3.42. The van der Waals surface area contributed by atoms with Crippen molar-refractivity contribution in [1.82, 2.24) is 14.9 Å². The van der Waals surface area contributed by atoms with Gasteiger partial charge in [-0.15, -0.1) is 0 Å². The number of rotatable bonds is 3. The number of carbonyl (C=O) groups excluding carboxylic acids is 1. The summed E-state index contributed by atoms with van der Waals surface area (Å²) in [7, 11) is 0. The summed E-state index contributed by atoms with van der Waals surface area (Å²) in [6, 6.07) is 4.36. The Morgan fingerprint density at radius 2 is 2.00 bits per heavy atom. The van der Waals surface area contributed by atoms with Crippen molar-refractivity contribution in [2.45, 2.75) is 32.5 Å². The minimum absolute atomic E-state index is 0.259. The number of halogens is 4. The predicted octanol–water partition coefficient (Wildman–Crippen LogP) is 3.97. The van der Waals surface area contributed by atoms with Crippen molar-refractivity contribution < 1.29 is 18.0 Å². The summed E-state index contributed by atoms with van der Waals surface area (Å²) in [4.78, 5) is 21.8. The van der Waals surface area contributed by atoms with Crippen LogP contribution in [0.2, 0.25) is 5.02 Å². The van der Waals surface area contributed by atoms with Gasteiger partial charge in [0.15, 0.2) is 5.69 Å². The smallest absolute Gasteiger partial charge is 0.399 e. The molecule has 0 aromatic carbocycles. The maximum Gasteiger partial charge on any atom is 0.434 e. The average Bonchev–Trinajstić information content (AvgIpc) is 2.64. The third kappa shape index (κ3) is 4.29. The van der Waals surface area contributed by atoms with Crippen LogP contribution in [0.3, 0.4) is 0 Å². The van der Waals surface area contributed by atoms with Gasteiger partial charge in [-0.3, -0.25) is 9.78 Å². The Hall–Kier alpha value is -2.81. The van der Waals surface area contributed by atoms with E-state index < -0.39 is 28.8 Å². The van der Waals surface area contributed by atoms with E-state index in [2.05, 4.69) is 15.3 Å². The van der Waals surface area contributed by atoms with E-state index in [9.17, 15) is 18.0 Å². The molecule has 3 rings (SSSR count). The van der Waals surface area contributed by atoms with E-state index in [1.807, 2.05) is 19.1 Å². The Labute approximate surface area is 170 Å². The van der Waals surface area contributed by atoms with Crippen molar-refractivity contribution in [3.63, 3.8) is 0 Å². The van der Waals surface area contributed by atoms with Crippen molar-refractivity contribution in [2.24, 2.45) is 5.73 Å². The fraction of sp³-hybridized carbons (Fsp3) is 0.316. The molecular formula is C19H19ClF3N5O. The highest BCUT2D eigenvalue weighted by atomic mass is 35.5. The van der Waals surface area contributed by atoms with Crippen molar-refractivity contribution in [1.29, 1.82) is 0 Å². The number of hydrogen-bond acceptors (Lipinski definition) is 5. The Balaban J connectivity index is 1.85. The highest BCUT2D eigenvalue weighted by Crippen LogP contribution is 2.35. The lowest BCUT2D eigenvalue weighted by Crippen LogP contribution is -2.46. The molecule has 0 saturated heterocycles.